The highest BCUT2D eigenvalue weighted by Crippen LogP contribution is 2.37. The number of hydrogen-bond acceptors (Lipinski definition) is 4. The summed E-state index contributed by atoms with van der Waals surface area (Å²) in [6.07, 6.45) is 1.74. The molecule has 0 radical (unpaired) electrons. The Morgan fingerprint density at radius 1 is 1.21 bits per heavy atom. The van der Waals surface area contributed by atoms with Crippen molar-refractivity contribution in [1.82, 2.24) is 9.97 Å². The average Bonchev–Trinajstić information content (AvgIpc) is 2.75. The number of aromatic nitrogens is 2. The molecular weight excluding hydrogens is 304 g/mol. The first kappa shape index (κ1) is 12.4. The number of nitrogens with zero attached hydrogens (tertiary/aromatic N) is 4. The van der Waals surface area contributed by atoms with Gasteiger partial charge in [-0.3, -0.25) is 0 Å². The summed E-state index contributed by atoms with van der Waals surface area (Å²) in [5, 5.41) is 0. The molecule has 0 fully saturated rings. The summed E-state index contributed by atoms with van der Waals surface area (Å²) in [5.74, 6) is 1.87. The first-order valence-electron chi connectivity index (χ1n) is 6.22. The van der Waals surface area contributed by atoms with Crippen LogP contribution in [0.2, 0.25) is 0 Å². The van der Waals surface area contributed by atoms with Crippen molar-refractivity contribution >= 4 is 27.6 Å². The maximum atomic E-state index is 4.57. The Labute approximate surface area is 121 Å². The van der Waals surface area contributed by atoms with E-state index in [0.717, 1.165) is 22.9 Å². The molecule has 0 saturated heterocycles. The Morgan fingerprint density at radius 2 is 1.95 bits per heavy atom. The SMILES string of the molecule is C[C@H](c1ccccc1)N1CN(C)c2ncc(Br)nc21. The van der Waals surface area contributed by atoms with Gasteiger partial charge in [-0.05, 0) is 28.4 Å². The molecule has 1 aliphatic rings. The van der Waals surface area contributed by atoms with Crippen LogP contribution in [-0.4, -0.2) is 23.7 Å². The number of halogens is 1. The Hall–Kier alpha value is -1.62. The van der Waals surface area contributed by atoms with E-state index in [0.29, 0.717) is 0 Å². The molecule has 1 aliphatic heterocycles. The van der Waals surface area contributed by atoms with Crippen molar-refractivity contribution in [2.24, 2.45) is 0 Å². The average molecular weight is 319 g/mol. The van der Waals surface area contributed by atoms with Crippen molar-refractivity contribution in [3.05, 3.63) is 46.7 Å². The van der Waals surface area contributed by atoms with Crippen LogP contribution in [0.4, 0.5) is 11.6 Å². The second kappa shape index (κ2) is 4.81. The smallest absolute Gasteiger partial charge is 0.175 e. The molecule has 98 valence electrons. The van der Waals surface area contributed by atoms with Crippen molar-refractivity contribution in [2.45, 2.75) is 13.0 Å². The maximum Gasteiger partial charge on any atom is 0.175 e. The van der Waals surface area contributed by atoms with Crippen molar-refractivity contribution in [3.63, 3.8) is 0 Å². The van der Waals surface area contributed by atoms with Gasteiger partial charge in [-0.1, -0.05) is 30.3 Å². The third kappa shape index (κ3) is 2.18. The highest BCUT2D eigenvalue weighted by Gasteiger charge is 2.30. The second-order valence-corrected chi connectivity index (χ2v) is 5.55. The molecule has 1 aromatic heterocycles. The van der Waals surface area contributed by atoms with E-state index < -0.39 is 0 Å². The van der Waals surface area contributed by atoms with Crippen LogP contribution < -0.4 is 9.80 Å². The number of rotatable bonds is 2. The van der Waals surface area contributed by atoms with E-state index in [4.69, 9.17) is 0 Å². The van der Waals surface area contributed by atoms with Crippen molar-refractivity contribution in [2.75, 3.05) is 23.5 Å². The molecule has 3 rings (SSSR count). The number of hydrogen-bond donors (Lipinski definition) is 0. The monoisotopic (exact) mass is 318 g/mol. The minimum atomic E-state index is 0.272. The van der Waals surface area contributed by atoms with E-state index in [1.54, 1.807) is 6.20 Å². The lowest BCUT2D eigenvalue weighted by Gasteiger charge is -2.26. The minimum absolute atomic E-state index is 0.272. The predicted octanol–water partition coefficient (Wildman–Crippen LogP) is 3.21. The van der Waals surface area contributed by atoms with Gasteiger partial charge in [0.2, 0.25) is 0 Å². The van der Waals surface area contributed by atoms with Crippen molar-refractivity contribution < 1.29 is 0 Å². The molecule has 1 aromatic carbocycles. The van der Waals surface area contributed by atoms with Crippen LogP contribution in [0.25, 0.3) is 0 Å². The molecule has 2 heterocycles. The van der Waals surface area contributed by atoms with Gasteiger partial charge in [0.15, 0.2) is 11.6 Å². The van der Waals surface area contributed by atoms with Crippen LogP contribution in [0.15, 0.2) is 41.1 Å². The van der Waals surface area contributed by atoms with Crippen LogP contribution in [0.5, 0.6) is 0 Å². The van der Waals surface area contributed by atoms with Crippen molar-refractivity contribution in [1.29, 1.82) is 0 Å². The van der Waals surface area contributed by atoms with Gasteiger partial charge in [0.1, 0.15) is 4.60 Å². The van der Waals surface area contributed by atoms with E-state index in [9.17, 15) is 0 Å². The third-order valence-electron chi connectivity index (χ3n) is 3.45. The number of anilines is 2. The third-order valence-corrected chi connectivity index (χ3v) is 3.84. The molecule has 4 nitrogen and oxygen atoms in total. The van der Waals surface area contributed by atoms with Gasteiger partial charge in [-0.15, -0.1) is 0 Å². The summed E-state index contributed by atoms with van der Waals surface area (Å²) < 4.78 is 0.770. The molecule has 0 bridgehead atoms. The fourth-order valence-electron chi connectivity index (χ4n) is 2.39. The van der Waals surface area contributed by atoms with Gasteiger partial charge in [-0.2, -0.15) is 0 Å². The van der Waals surface area contributed by atoms with Gasteiger partial charge >= 0.3 is 0 Å². The molecule has 0 aliphatic carbocycles. The molecule has 5 heteroatoms. The summed E-state index contributed by atoms with van der Waals surface area (Å²) in [5.41, 5.74) is 1.28. The number of fused-ring (bicyclic) bond motifs is 1. The fourth-order valence-corrected chi connectivity index (χ4v) is 2.66. The summed E-state index contributed by atoms with van der Waals surface area (Å²) in [6, 6.07) is 10.7. The predicted molar refractivity (Wildman–Crippen MR) is 80.3 cm³/mol. The Balaban J connectivity index is 1.98. The molecule has 0 saturated carbocycles. The lowest BCUT2D eigenvalue weighted by molar-refractivity contribution is 0.682. The zero-order chi connectivity index (χ0) is 13.4. The first-order valence-corrected chi connectivity index (χ1v) is 7.01. The van der Waals surface area contributed by atoms with Gasteiger partial charge < -0.3 is 9.80 Å². The van der Waals surface area contributed by atoms with Crippen molar-refractivity contribution in [3.8, 4) is 0 Å². The van der Waals surface area contributed by atoms with Crippen LogP contribution >= 0.6 is 15.9 Å². The second-order valence-electron chi connectivity index (χ2n) is 4.74. The van der Waals surface area contributed by atoms with E-state index in [-0.39, 0.29) is 6.04 Å². The van der Waals surface area contributed by atoms with Gasteiger partial charge in [-0.25, -0.2) is 9.97 Å². The normalized spacial score (nSPS) is 15.5. The van der Waals surface area contributed by atoms with E-state index >= 15 is 0 Å². The first-order chi connectivity index (χ1) is 9.16. The Morgan fingerprint density at radius 3 is 2.68 bits per heavy atom. The minimum Gasteiger partial charge on any atom is -0.339 e. The molecular formula is C14H15BrN4. The molecule has 0 N–H and O–H groups in total. The summed E-state index contributed by atoms with van der Waals surface area (Å²) in [6.45, 7) is 3.00. The maximum absolute atomic E-state index is 4.57. The lowest BCUT2D eigenvalue weighted by atomic mass is 10.1. The lowest BCUT2D eigenvalue weighted by Crippen LogP contribution is -2.30. The largest absolute Gasteiger partial charge is 0.339 e. The highest BCUT2D eigenvalue weighted by molar-refractivity contribution is 9.10. The van der Waals surface area contributed by atoms with E-state index in [1.807, 2.05) is 13.1 Å². The van der Waals surface area contributed by atoms with Crippen LogP contribution in [0.3, 0.4) is 0 Å². The standard InChI is InChI=1S/C14H15BrN4/c1-10(11-6-4-3-5-7-11)19-9-18(2)13-14(19)17-12(15)8-16-13/h3-8,10H,9H2,1-2H3/t10-/m1/s1. The van der Waals surface area contributed by atoms with E-state index in [2.05, 4.69) is 66.9 Å². The fraction of sp³-hybridized carbons (Fsp3) is 0.286. The van der Waals surface area contributed by atoms with Crippen LogP contribution in [0, 0.1) is 0 Å². The Kier molecular flexibility index (Phi) is 3.14. The molecule has 19 heavy (non-hydrogen) atoms. The summed E-state index contributed by atoms with van der Waals surface area (Å²) >= 11 is 3.40. The quantitative estimate of drug-likeness (QED) is 0.851. The molecule has 0 spiro atoms. The molecule has 2 aromatic rings. The Bertz CT molecular complexity index is 587. The summed E-state index contributed by atoms with van der Waals surface area (Å²) in [4.78, 5) is 13.4. The van der Waals surface area contributed by atoms with Gasteiger partial charge in [0.25, 0.3) is 0 Å². The zero-order valence-corrected chi connectivity index (χ0v) is 12.5. The van der Waals surface area contributed by atoms with E-state index in [1.165, 1.54) is 5.56 Å². The molecule has 0 unspecified atom stereocenters. The topological polar surface area (TPSA) is 32.3 Å². The molecule has 1 atom stereocenters. The molecule has 0 amide bonds. The van der Waals surface area contributed by atoms with Crippen LogP contribution in [0.1, 0.15) is 18.5 Å². The van der Waals surface area contributed by atoms with Gasteiger partial charge in [0, 0.05) is 7.05 Å². The summed E-state index contributed by atoms with van der Waals surface area (Å²) in [7, 11) is 2.04. The van der Waals surface area contributed by atoms with Gasteiger partial charge in [0.05, 0.1) is 18.9 Å². The zero-order valence-electron chi connectivity index (χ0n) is 10.9. The van der Waals surface area contributed by atoms with Crippen LogP contribution in [-0.2, 0) is 0 Å². The number of benzene rings is 1. The highest BCUT2D eigenvalue weighted by atomic mass is 79.9.